The van der Waals surface area contributed by atoms with Crippen molar-refractivity contribution in [3.8, 4) is 0 Å². The summed E-state index contributed by atoms with van der Waals surface area (Å²) in [5.74, 6) is 0.687. The summed E-state index contributed by atoms with van der Waals surface area (Å²) in [5.41, 5.74) is 1.18. The highest BCUT2D eigenvalue weighted by molar-refractivity contribution is 5.95. The quantitative estimate of drug-likeness (QED) is 0.897. The number of anilines is 1. The monoisotopic (exact) mass is 355 g/mol. The Hall–Kier alpha value is -2.54. The molecular weight excluding hydrogens is 330 g/mol. The Bertz CT molecular complexity index is 797. The molecule has 1 amide bonds. The summed E-state index contributed by atoms with van der Waals surface area (Å²) in [5, 5.41) is 11.1. The van der Waals surface area contributed by atoms with Crippen LogP contribution in [0.25, 0.3) is 0 Å². The van der Waals surface area contributed by atoms with Crippen LogP contribution < -0.4 is 4.90 Å². The Morgan fingerprint density at radius 3 is 2.88 bits per heavy atom. The number of nitrogens with zero attached hydrogens (tertiary/aromatic N) is 5. The van der Waals surface area contributed by atoms with E-state index in [1.807, 2.05) is 19.9 Å². The minimum absolute atomic E-state index is 0.126. The Morgan fingerprint density at radius 2 is 2.15 bits per heavy atom. The van der Waals surface area contributed by atoms with Crippen molar-refractivity contribution in [3.05, 3.63) is 47.7 Å². The first-order valence-corrected chi connectivity index (χ1v) is 8.81. The third-order valence-corrected chi connectivity index (χ3v) is 4.78. The Kier molecular flexibility index (Phi) is 5.18. The van der Waals surface area contributed by atoms with Crippen molar-refractivity contribution in [1.29, 1.82) is 0 Å². The van der Waals surface area contributed by atoms with Crippen LogP contribution in [0.5, 0.6) is 0 Å². The summed E-state index contributed by atoms with van der Waals surface area (Å²) in [6.07, 6.45) is 4.70. The van der Waals surface area contributed by atoms with E-state index in [-0.39, 0.29) is 12.5 Å². The van der Waals surface area contributed by atoms with E-state index in [1.54, 1.807) is 36.6 Å². The first-order chi connectivity index (χ1) is 12.4. The molecule has 0 saturated carbocycles. The van der Waals surface area contributed by atoms with Crippen LogP contribution in [0.15, 0.2) is 30.7 Å². The highest BCUT2D eigenvalue weighted by Gasteiger charge is 2.36. The maximum Gasteiger partial charge on any atom is 0.255 e. The Balaban J connectivity index is 1.71. The van der Waals surface area contributed by atoms with E-state index in [4.69, 9.17) is 0 Å². The topological polar surface area (TPSA) is 82.5 Å². The van der Waals surface area contributed by atoms with Gasteiger partial charge in [-0.2, -0.15) is 0 Å². The highest BCUT2D eigenvalue weighted by Crippen LogP contribution is 2.26. The number of likely N-dealkylation sites (N-methyl/N-ethyl adjacent to an activating group) is 1. The lowest BCUT2D eigenvalue weighted by Crippen LogP contribution is -2.55. The number of aliphatic hydroxyl groups is 1. The standard InChI is InChI=1S/C19H25N5O2/c1-14-10-17(22-13-21-14)24-9-5-7-19(26,12-24)11-23(3)18(25)16-6-4-8-20-15(16)2/h4,6,8,10,13,26H,5,7,9,11-12H2,1-3H3/t19-/m0/s1. The molecule has 3 rings (SSSR count). The lowest BCUT2D eigenvalue weighted by molar-refractivity contribution is -0.000176. The second kappa shape index (κ2) is 7.37. The molecule has 2 aromatic heterocycles. The number of hydrogen-bond acceptors (Lipinski definition) is 6. The molecule has 0 aliphatic carbocycles. The molecule has 0 radical (unpaired) electrons. The minimum atomic E-state index is -0.975. The number of β-amino-alcohol motifs (C(OH)–C–C–N with tert-alkyl or cyclic N) is 1. The summed E-state index contributed by atoms with van der Waals surface area (Å²) in [7, 11) is 1.72. The van der Waals surface area contributed by atoms with Gasteiger partial charge in [0.05, 0.1) is 17.7 Å². The Labute approximate surface area is 153 Å². The molecule has 2 aromatic rings. The van der Waals surface area contributed by atoms with Gasteiger partial charge >= 0.3 is 0 Å². The first kappa shape index (κ1) is 18.3. The number of rotatable bonds is 4. The van der Waals surface area contributed by atoms with Crippen LogP contribution in [0.3, 0.4) is 0 Å². The number of aryl methyl sites for hydroxylation is 2. The van der Waals surface area contributed by atoms with E-state index in [0.29, 0.717) is 24.2 Å². The molecule has 1 N–H and O–H groups in total. The van der Waals surface area contributed by atoms with Crippen LogP contribution in [0.4, 0.5) is 5.82 Å². The predicted molar refractivity (Wildman–Crippen MR) is 99.1 cm³/mol. The molecule has 1 fully saturated rings. The maximum atomic E-state index is 12.7. The van der Waals surface area contributed by atoms with Gasteiger partial charge in [-0.25, -0.2) is 9.97 Å². The van der Waals surface area contributed by atoms with Crippen molar-refractivity contribution in [3.63, 3.8) is 0 Å². The third kappa shape index (κ3) is 3.99. The van der Waals surface area contributed by atoms with Gasteiger partial charge in [-0.3, -0.25) is 9.78 Å². The van der Waals surface area contributed by atoms with Crippen molar-refractivity contribution in [2.24, 2.45) is 0 Å². The number of piperidine rings is 1. The lowest BCUT2D eigenvalue weighted by atomic mass is 9.92. The smallest absolute Gasteiger partial charge is 0.255 e. The number of amides is 1. The van der Waals surface area contributed by atoms with E-state index in [0.717, 1.165) is 24.5 Å². The SMILES string of the molecule is Cc1cc(N2CCC[C@](O)(CN(C)C(=O)c3cccnc3C)C2)ncn1. The number of carbonyl (C=O) groups is 1. The van der Waals surface area contributed by atoms with Gasteiger partial charge in [-0.1, -0.05) is 0 Å². The summed E-state index contributed by atoms with van der Waals surface area (Å²) in [4.78, 5) is 29.0. The average molecular weight is 355 g/mol. The fourth-order valence-electron chi connectivity index (χ4n) is 3.48. The molecule has 138 valence electrons. The van der Waals surface area contributed by atoms with Crippen LogP contribution >= 0.6 is 0 Å². The molecule has 0 bridgehead atoms. The lowest BCUT2D eigenvalue weighted by Gasteiger charge is -2.41. The van der Waals surface area contributed by atoms with Gasteiger partial charge in [0.2, 0.25) is 0 Å². The second-order valence-electron chi connectivity index (χ2n) is 7.06. The van der Waals surface area contributed by atoms with E-state index < -0.39 is 5.60 Å². The van der Waals surface area contributed by atoms with Crippen molar-refractivity contribution in [1.82, 2.24) is 19.9 Å². The molecule has 7 nitrogen and oxygen atoms in total. The van der Waals surface area contributed by atoms with Crippen LogP contribution in [-0.4, -0.2) is 63.1 Å². The molecular formula is C19H25N5O2. The zero-order valence-corrected chi connectivity index (χ0v) is 15.5. The Morgan fingerprint density at radius 1 is 1.35 bits per heavy atom. The molecule has 1 atom stereocenters. The van der Waals surface area contributed by atoms with E-state index in [9.17, 15) is 9.90 Å². The van der Waals surface area contributed by atoms with Crippen molar-refractivity contribution in [2.45, 2.75) is 32.3 Å². The van der Waals surface area contributed by atoms with E-state index in [1.165, 1.54) is 0 Å². The van der Waals surface area contributed by atoms with Gasteiger partial charge in [-0.05, 0) is 38.8 Å². The van der Waals surface area contributed by atoms with Gasteiger partial charge in [0.25, 0.3) is 5.91 Å². The zero-order valence-electron chi connectivity index (χ0n) is 15.5. The summed E-state index contributed by atoms with van der Waals surface area (Å²) in [6, 6.07) is 5.43. The predicted octanol–water partition coefficient (Wildman–Crippen LogP) is 1.59. The van der Waals surface area contributed by atoms with E-state index in [2.05, 4.69) is 19.9 Å². The number of aromatic nitrogens is 3. The minimum Gasteiger partial charge on any atom is -0.386 e. The third-order valence-electron chi connectivity index (χ3n) is 4.78. The molecule has 1 saturated heterocycles. The highest BCUT2D eigenvalue weighted by atomic mass is 16.3. The van der Waals surface area contributed by atoms with Gasteiger partial charge in [0.1, 0.15) is 12.1 Å². The first-order valence-electron chi connectivity index (χ1n) is 8.81. The molecule has 26 heavy (non-hydrogen) atoms. The van der Waals surface area contributed by atoms with Crippen LogP contribution in [-0.2, 0) is 0 Å². The fourth-order valence-corrected chi connectivity index (χ4v) is 3.48. The number of hydrogen-bond donors (Lipinski definition) is 1. The van der Waals surface area contributed by atoms with Crippen LogP contribution in [0.2, 0.25) is 0 Å². The number of pyridine rings is 1. The largest absolute Gasteiger partial charge is 0.386 e. The normalized spacial score (nSPS) is 20.1. The molecule has 0 spiro atoms. The molecule has 1 aliphatic rings. The molecule has 7 heteroatoms. The number of carbonyl (C=O) groups excluding carboxylic acids is 1. The van der Waals surface area contributed by atoms with Crippen molar-refractivity contribution < 1.29 is 9.90 Å². The summed E-state index contributed by atoms with van der Waals surface area (Å²) in [6.45, 7) is 5.27. The van der Waals surface area contributed by atoms with Crippen molar-refractivity contribution >= 4 is 11.7 Å². The van der Waals surface area contributed by atoms with Crippen molar-refractivity contribution in [2.75, 3.05) is 31.6 Å². The van der Waals surface area contributed by atoms with Gasteiger partial charge < -0.3 is 14.9 Å². The second-order valence-corrected chi connectivity index (χ2v) is 7.06. The fraction of sp³-hybridized carbons (Fsp3) is 0.474. The van der Waals surface area contributed by atoms with Crippen LogP contribution in [0.1, 0.15) is 34.6 Å². The molecule has 3 heterocycles. The zero-order chi connectivity index (χ0) is 18.7. The van der Waals surface area contributed by atoms with Gasteiger partial charge in [0.15, 0.2) is 0 Å². The van der Waals surface area contributed by atoms with Gasteiger partial charge in [-0.15, -0.1) is 0 Å². The van der Waals surface area contributed by atoms with Crippen LogP contribution in [0, 0.1) is 13.8 Å². The molecule has 0 aromatic carbocycles. The molecule has 0 unspecified atom stereocenters. The maximum absolute atomic E-state index is 12.7. The van der Waals surface area contributed by atoms with Gasteiger partial charge in [0, 0.05) is 43.8 Å². The van der Waals surface area contributed by atoms with E-state index >= 15 is 0 Å². The summed E-state index contributed by atoms with van der Waals surface area (Å²) >= 11 is 0. The molecule has 1 aliphatic heterocycles. The summed E-state index contributed by atoms with van der Waals surface area (Å²) < 4.78 is 0. The average Bonchev–Trinajstić information content (AvgIpc) is 2.61.